The number of nitrogens with zero attached hydrogens (tertiary/aromatic N) is 2. The first-order valence-electron chi connectivity index (χ1n) is 5.31. The Morgan fingerprint density at radius 1 is 1.32 bits per heavy atom. The number of methoxy groups -OCH3 is 1. The highest BCUT2D eigenvalue weighted by molar-refractivity contribution is 7.13. The van der Waals surface area contributed by atoms with Crippen molar-refractivity contribution in [2.45, 2.75) is 13.8 Å². The summed E-state index contributed by atoms with van der Waals surface area (Å²) in [5, 5.41) is 8.29. The van der Waals surface area contributed by atoms with Crippen molar-refractivity contribution in [3.8, 4) is 0 Å². The molecule has 0 spiro atoms. The lowest BCUT2D eigenvalue weighted by Gasteiger charge is -2.06. The first kappa shape index (κ1) is 13.6. The van der Waals surface area contributed by atoms with Crippen molar-refractivity contribution >= 4 is 40.4 Å². The van der Waals surface area contributed by atoms with Crippen molar-refractivity contribution in [2.75, 3.05) is 12.4 Å². The Labute approximate surface area is 117 Å². The standard InChI is InChI=1S/C11H11N3O3S2/c1-5-4-18-9(11(16)17-3)7(5)12-10(15)8-6(2)13-14-19-8/h4H,1-3H3,(H,12,15). The molecule has 2 aromatic rings. The SMILES string of the molecule is COC(=O)c1scc(C)c1NC(=O)c1snnc1C. The van der Waals surface area contributed by atoms with Crippen LogP contribution in [0.2, 0.25) is 0 Å². The molecule has 0 saturated carbocycles. The number of ether oxygens (including phenoxy) is 1. The fourth-order valence-electron chi connectivity index (χ4n) is 1.45. The van der Waals surface area contributed by atoms with Gasteiger partial charge >= 0.3 is 5.97 Å². The van der Waals surface area contributed by atoms with Crippen LogP contribution < -0.4 is 5.32 Å². The van der Waals surface area contributed by atoms with E-state index in [0.717, 1.165) is 17.1 Å². The number of nitrogens with one attached hydrogen (secondary N) is 1. The molecule has 2 heterocycles. The summed E-state index contributed by atoms with van der Waals surface area (Å²) >= 11 is 2.25. The van der Waals surface area contributed by atoms with Gasteiger partial charge in [-0.1, -0.05) is 4.49 Å². The zero-order valence-corrected chi connectivity index (χ0v) is 12.1. The summed E-state index contributed by atoms with van der Waals surface area (Å²) < 4.78 is 8.39. The molecule has 19 heavy (non-hydrogen) atoms. The van der Waals surface area contributed by atoms with Crippen molar-refractivity contribution in [3.05, 3.63) is 26.4 Å². The zero-order chi connectivity index (χ0) is 14.0. The van der Waals surface area contributed by atoms with Gasteiger partial charge in [-0.15, -0.1) is 16.4 Å². The van der Waals surface area contributed by atoms with Gasteiger partial charge in [0.05, 0.1) is 18.5 Å². The van der Waals surface area contributed by atoms with Crippen molar-refractivity contribution in [3.63, 3.8) is 0 Å². The topological polar surface area (TPSA) is 81.2 Å². The van der Waals surface area contributed by atoms with E-state index in [0.29, 0.717) is 21.1 Å². The second-order valence-corrected chi connectivity index (χ2v) is 5.39. The number of anilines is 1. The highest BCUT2D eigenvalue weighted by Gasteiger charge is 2.21. The minimum absolute atomic E-state index is 0.320. The summed E-state index contributed by atoms with van der Waals surface area (Å²) in [5.41, 5.74) is 1.86. The van der Waals surface area contributed by atoms with Crippen LogP contribution in [0.25, 0.3) is 0 Å². The molecule has 2 aromatic heterocycles. The van der Waals surface area contributed by atoms with Gasteiger partial charge in [-0.2, -0.15) is 0 Å². The van der Waals surface area contributed by atoms with E-state index in [1.165, 1.54) is 18.4 Å². The van der Waals surface area contributed by atoms with Gasteiger partial charge in [-0.05, 0) is 36.3 Å². The molecule has 2 rings (SSSR count). The van der Waals surface area contributed by atoms with E-state index in [1.54, 1.807) is 12.3 Å². The highest BCUT2D eigenvalue weighted by atomic mass is 32.1. The summed E-state index contributed by atoms with van der Waals surface area (Å²) in [6.07, 6.45) is 0. The number of rotatable bonds is 3. The van der Waals surface area contributed by atoms with Crippen molar-refractivity contribution in [1.82, 2.24) is 9.59 Å². The highest BCUT2D eigenvalue weighted by Crippen LogP contribution is 2.29. The smallest absolute Gasteiger partial charge is 0.350 e. The first-order chi connectivity index (χ1) is 9.04. The third-order valence-corrected chi connectivity index (χ3v) is 4.35. The van der Waals surface area contributed by atoms with E-state index >= 15 is 0 Å². The molecular formula is C11H11N3O3S2. The quantitative estimate of drug-likeness (QED) is 0.879. The molecule has 0 unspecified atom stereocenters. The molecule has 8 heteroatoms. The molecule has 0 aliphatic carbocycles. The Morgan fingerprint density at radius 3 is 2.63 bits per heavy atom. The Bertz CT molecular complexity index is 633. The minimum Gasteiger partial charge on any atom is -0.465 e. The Hall–Kier alpha value is -1.80. The molecule has 0 radical (unpaired) electrons. The van der Waals surface area contributed by atoms with E-state index < -0.39 is 5.97 Å². The first-order valence-corrected chi connectivity index (χ1v) is 6.96. The van der Waals surface area contributed by atoms with Gasteiger partial charge in [0, 0.05) is 0 Å². The van der Waals surface area contributed by atoms with E-state index in [4.69, 9.17) is 0 Å². The Kier molecular flexibility index (Phi) is 3.91. The lowest BCUT2D eigenvalue weighted by atomic mass is 10.2. The van der Waals surface area contributed by atoms with Gasteiger partial charge in [0.1, 0.15) is 9.75 Å². The maximum absolute atomic E-state index is 12.1. The minimum atomic E-state index is -0.465. The average Bonchev–Trinajstić information content (AvgIpc) is 2.96. The van der Waals surface area contributed by atoms with Crippen LogP contribution in [-0.4, -0.2) is 28.6 Å². The summed E-state index contributed by atoms with van der Waals surface area (Å²) in [6.45, 7) is 3.52. The van der Waals surface area contributed by atoms with Gasteiger partial charge < -0.3 is 10.1 Å². The lowest BCUT2D eigenvalue weighted by Crippen LogP contribution is -2.14. The zero-order valence-electron chi connectivity index (χ0n) is 10.5. The third kappa shape index (κ3) is 2.64. The third-order valence-electron chi connectivity index (χ3n) is 2.44. The van der Waals surface area contributed by atoms with Crippen LogP contribution in [0.5, 0.6) is 0 Å². The fraction of sp³-hybridized carbons (Fsp3) is 0.273. The normalized spacial score (nSPS) is 10.3. The molecule has 0 fully saturated rings. The molecule has 0 bridgehead atoms. The largest absolute Gasteiger partial charge is 0.465 e. The predicted octanol–water partition coefficient (Wildman–Crippen LogP) is 2.26. The molecule has 6 nitrogen and oxygen atoms in total. The number of carbonyl (C=O) groups excluding carboxylic acids is 2. The molecule has 1 N–H and O–H groups in total. The van der Waals surface area contributed by atoms with Gasteiger partial charge in [0.25, 0.3) is 5.91 Å². The average molecular weight is 297 g/mol. The van der Waals surface area contributed by atoms with Crippen LogP contribution in [0.4, 0.5) is 5.69 Å². The Morgan fingerprint density at radius 2 is 2.05 bits per heavy atom. The van der Waals surface area contributed by atoms with Gasteiger partial charge in [-0.3, -0.25) is 4.79 Å². The van der Waals surface area contributed by atoms with Crippen LogP contribution >= 0.6 is 22.9 Å². The van der Waals surface area contributed by atoms with E-state index in [1.807, 2.05) is 6.92 Å². The van der Waals surface area contributed by atoms with Gasteiger partial charge in [0.15, 0.2) is 0 Å². The van der Waals surface area contributed by atoms with Crippen molar-refractivity contribution in [2.24, 2.45) is 0 Å². The number of hydrogen-bond donors (Lipinski definition) is 1. The number of carbonyl (C=O) groups is 2. The van der Waals surface area contributed by atoms with Crippen LogP contribution in [-0.2, 0) is 4.74 Å². The monoisotopic (exact) mass is 297 g/mol. The number of hydrogen-bond acceptors (Lipinski definition) is 7. The fourth-order valence-corrected chi connectivity index (χ4v) is 2.93. The van der Waals surface area contributed by atoms with Crippen LogP contribution in [0.3, 0.4) is 0 Å². The van der Waals surface area contributed by atoms with Gasteiger partial charge in [0.2, 0.25) is 0 Å². The van der Waals surface area contributed by atoms with E-state index in [2.05, 4.69) is 19.6 Å². The second-order valence-electron chi connectivity index (χ2n) is 3.76. The molecular weight excluding hydrogens is 286 g/mol. The Balaban J connectivity index is 2.29. The molecule has 1 amide bonds. The molecule has 100 valence electrons. The predicted molar refractivity (Wildman–Crippen MR) is 73.0 cm³/mol. The number of aryl methyl sites for hydroxylation is 2. The van der Waals surface area contributed by atoms with Crippen molar-refractivity contribution < 1.29 is 14.3 Å². The molecule has 0 aliphatic rings. The number of amides is 1. The maximum Gasteiger partial charge on any atom is 0.350 e. The summed E-state index contributed by atoms with van der Waals surface area (Å²) in [4.78, 5) is 24.5. The number of thiophene rings is 1. The molecule has 0 aromatic carbocycles. The van der Waals surface area contributed by atoms with Crippen LogP contribution in [0, 0.1) is 13.8 Å². The second kappa shape index (κ2) is 5.45. The molecule has 0 atom stereocenters. The number of esters is 1. The molecule has 0 saturated heterocycles. The van der Waals surface area contributed by atoms with E-state index in [9.17, 15) is 9.59 Å². The lowest BCUT2D eigenvalue weighted by molar-refractivity contribution is 0.0607. The summed E-state index contributed by atoms with van der Waals surface area (Å²) in [5.74, 6) is -0.785. The van der Waals surface area contributed by atoms with E-state index in [-0.39, 0.29) is 5.91 Å². The summed E-state index contributed by atoms with van der Waals surface area (Å²) in [6, 6.07) is 0. The summed E-state index contributed by atoms with van der Waals surface area (Å²) in [7, 11) is 1.31. The number of aromatic nitrogens is 2. The molecule has 0 aliphatic heterocycles. The van der Waals surface area contributed by atoms with Crippen LogP contribution in [0.15, 0.2) is 5.38 Å². The maximum atomic E-state index is 12.1. The van der Waals surface area contributed by atoms with Crippen LogP contribution in [0.1, 0.15) is 30.6 Å². The van der Waals surface area contributed by atoms with Gasteiger partial charge in [-0.25, -0.2) is 4.79 Å². The van der Waals surface area contributed by atoms with Crippen molar-refractivity contribution in [1.29, 1.82) is 0 Å².